The first-order chi connectivity index (χ1) is 32.3. The molecule has 65 heavy (non-hydrogen) atoms. The van der Waals surface area contributed by atoms with Gasteiger partial charge in [-0.25, -0.2) is 0 Å². The maximum absolute atomic E-state index is 7.27. The molecule has 2 aliphatic heterocycles. The lowest BCUT2D eigenvalue weighted by Crippen LogP contribution is -2.75. The van der Waals surface area contributed by atoms with Crippen LogP contribution in [0.2, 0.25) is 0 Å². The standard InChI is InChI=1S/C60H41BN2OSi/c1-5-21-44(22-6-1)63-57-35-18-15-32-52(57)53-39-43(42-20-19-23-45(38-42)62-55-33-16-13-30-50(55)51-31-14-17-34-56(51)62)40-59-60(53)61(63)54-41-49(36-37-58(54)64-59)65(46-24-7-2-8-25-46,47-26-9-3-10-27-47)48-28-11-4-12-29-48/h1-41H. The third-order valence-electron chi connectivity index (χ3n) is 13.8. The van der Waals surface area contributed by atoms with Crippen LogP contribution in [-0.2, 0) is 0 Å². The molecule has 0 saturated carbocycles. The molecule has 3 heterocycles. The van der Waals surface area contributed by atoms with Crippen molar-refractivity contribution >= 4 is 79.8 Å². The molecule has 10 aromatic carbocycles. The van der Waals surface area contributed by atoms with Crippen molar-refractivity contribution in [3.63, 3.8) is 0 Å². The van der Waals surface area contributed by atoms with Gasteiger partial charge in [-0.1, -0.05) is 188 Å². The number of rotatable bonds is 7. The highest BCUT2D eigenvalue weighted by atomic mass is 28.3. The fourth-order valence-corrected chi connectivity index (χ4v) is 15.8. The van der Waals surface area contributed by atoms with Crippen molar-refractivity contribution < 1.29 is 4.74 Å². The van der Waals surface area contributed by atoms with Crippen molar-refractivity contribution in [1.82, 2.24) is 4.57 Å². The number of hydrogen-bond acceptors (Lipinski definition) is 2. The lowest BCUT2D eigenvalue weighted by Gasteiger charge is -2.43. The van der Waals surface area contributed by atoms with E-state index < -0.39 is 8.07 Å². The van der Waals surface area contributed by atoms with E-state index >= 15 is 0 Å². The summed E-state index contributed by atoms with van der Waals surface area (Å²) in [6.07, 6.45) is 0. The summed E-state index contributed by atoms with van der Waals surface area (Å²) in [5.41, 5.74) is 12.8. The second-order valence-corrected chi connectivity index (χ2v) is 21.0. The molecule has 0 bridgehead atoms. The molecule has 0 amide bonds. The van der Waals surface area contributed by atoms with Crippen LogP contribution >= 0.6 is 0 Å². The highest BCUT2D eigenvalue weighted by Crippen LogP contribution is 2.45. The minimum Gasteiger partial charge on any atom is -0.458 e. The van der Waals surface area contributed by atoms with Gasteiger partial charge >= 0.3 is 6.85 Å². The van der Waals surface area contributed by atoms with E-state index in [2.05, 4.69) is 258 Å². The van der Waals surface area contributed by atoms with Crippen LogP contribution in [0.25, 0.3) is 49.7 Å². The Morgan fingerprint density at radius 2 is 0.923 bits per heavy atom. The van der Waals surface area contributed by atoms with Gasteiger partial charge in [-0.15, -0.1) is 0 Å². The van der Waals surface area contributed by atoms with E-state index in [1.807, 2.05) is 0 Å². The summed E-state index contributed by atoms with van der Waals surface area (Å²) in [6, 6.07) is 91.5. The Morgan fingerprint density at radius 1 is 0.369 bits per heavy atom. The van der Waals surface area contributed by atoms with Gasteiger partial charge in [0.25, 0.3) is 0 Å². The molecule has 2 aliphatic rings. The van der Waals surface area contributed by atoms with Crippen molar-refractivity contribution in [2.45, 2.75) is 0 Å². The largest absolute Gasteiger partial charge is 0.458 e. The van der Waals surface area contributed by atoms with Crippen LogP contribution in [0, 0.1) is 0 Å². The monoisotopic (exact) mass is 844 g/mol. The lowest BCUT2D eigenvalue weighted by atomic mass is 9.44. The molecular formula is C60H41BN2OSi. The van der Waals surface area contributed by atoms with E-state index in [9.17, 15) is 0 Å². The Morgan fingerprint density at radius 3 is 1.57 bits per heavy atom. The maximum atomic E-state index is 7.27. The number of fused-ring (bicyclic) bond motifs is 7. The zero-order chi connectivity index (χ0) is 42.9. The van der Waals surface area contributed by atoms with E-state index in [0.717, 1.165) is 39.5 Å². The normalized spacial score (nSPS) is 12.7. The van der Waals surface area contributed by atoms with Gasteiger partial charge in [0.2, 0.25) is 0 Å². The molecule has 304 valence electrons. The minimum atomic E-state index is -2.85. The Bertz CT molecular complexity index is 3440. The molecule has 0 spiro atoms. The number of para-hydroxylation sites is 4. The van der Waals surface area contributed by atoms with Crippen molar-refractivity contribution in [2.24, 2.45) is 0 Å². The van der Waals surface area contributed by atoms with E-state index in [4.69, 9.17) is 4.74 Å². The minimum absolute atomic E-state index is 0.159. The molecule has 0 fully saturated rings. The van der Waals surface area contributed by atoms with Crippen LogP contribution in [0.4, 0.5) is 11.4 Å². The number of nitrogens with zero attached hydrogens (tertiary/aromatic N) is 2. The Hall–Kier alpha value is -8.12. The molecule has 13 rings (SSSR count). The first-order valence-electron chi connectivity index (χ1n) is 22.5. The van der Waals surface area contributed by atoms with E-state index in [1.165, 1.54) is 64.8 Å². The van der Waals surface area contributed by atoms with E-state index in [0.29, 0.717) is 0 Å². The van der Waals surface area contributed by atoms with Crippen LogP contribution in [0.5, 0.6) is 11.5 Å². The fourth-order valence-electron chi connectivity index (χ4n) is 11.0. The first-order valence-corrected chi connectivity index (χ1v) is 24.5. The summed E-state index contributed by atoms with van der Waals surface area (Å²) < 4.78 is 9.67. The average Bonchev–Trinajstić information content (AvgIpc) is 3.72. The number of anilines is 2. The van der Waals surface area contributed by atoms with E-state index in [-0.39, 0.29) is 6.85 Å². The average molecular weight is 845 g/mol. The Balaban J connectivity index is 1.05. The topological polar surface area (TPSA) is 17.4 Å². The van der Waals surface area contributed by atoms with Gasteiger partial charge in [-0.3, -0.25) is 0 Å². The first kappa shape index (κ1) is 37.4. The third kappa shape index (κ3) is 5.76. The number of benzene rings is 10. The van der Waals surface area contributed by atoms with E-state index in [1.54, 1.807) is 0 Å². The lowest BCUT2D eigenvalue weighted by molar-refractivity contribution is 0.487. The summed E-state index contributed by atoms with van der Waals surface area (Å²) in [4.78, 5) is 2.55. The zero-order valence-electron chi connectivity index (χ0n) is 35.6. The van der Waals surface area contributed by atoms with Crippen molar-refractivity contribution in [2.75, 3.05) is 4.81 Å². The molecule has 3 nitrogen and oxygen atoms in total. The summed E-state index contributed by atoms with van der Waals surface area (Å²) in [5.74, 6) is 1.77. The predicted molar refractivity (Wildman–Crippen MR) is 275 cm³/mol. The predicted octanol–water partition coefficient (Wildman–Crippen LogP) is 10.9. The fraction of sp³-hybridized carbons (Fsp3) is 0. The van der Waals surface area contributed by atoms with Crippen molar-refractivity contribution in [1.29, 1.82) is 0 Å². The Kier molecular flexibility index (Phi) is 8.65. The van der Waals surface area contributed by atoms with Crippen LogP contribution in [-0.4, -0.2) is 19.5 Å². The Labute approximate surface area is 380 Å². The molecule has 0 saturated heterocycles. The molecular weight excluding hydrogens is 804 g/mol. The number of hydrogen-bond donors (Lipinski definition) is 0. The van der Waals surface area contributed by atoms with Gasteiger partial charge in [0.05, 0.1) is 11.0 Å². The molecule has 0 N–H and O–H groups in total. The van der Waals surface area contributed by atoms with Crippen molar-refractivity contribution in [3.8, 4) is 39.4 Å². The molecule has 0 atom stereocenters. The smallest absolute Gasteiger partial charge is 0.336 e. The molecule has 5 heteroatoms. The van der Waals surface area contributed by atoms with Gasteiger partial charge in [0.1, 0.15) is 11.5 Å². The van der Waals surface area contributed by atoms with Crippen LogP contribution in [0.15, 0.2) is 249 Å². The van der Waals surface area contributed by atoms with Crippen LogP contribution in [0.1, 0.15) is 0 Å². The second kappa shape index (κ2) is 15.0. The molecule has 1 aromatic heterocycles. The summed E-state index contributed by atoms with van der Waals surface area (Å²) in [7, 11) is -2.85. The van der Waals surface area contributed by atoms with Crippen LogP contribution in [0.3, 0.4) is 0 Å². The van der Waals surface area contributed by atoms with Gasteiger partial charge in [-0.2, -0.15) is 0 Å². The van der Waals surface area contributed by atoms with Gasteiger partial charge in [0, 0.05) is 38.9 Å². The van der Waals surface area contributed by atoms with Crippen molar-refractivity contribution in [3.05, 3.63) is 249 Å². The highest BCUT2D eigenvalue weighted by Gasteiger charge is 2.47. The summed E-state index contributed by atoms with van der Waals surface area (Å²) in [5, 5.41) is 7.86. The van der Waals surface area contributed by atoms with Gasteiger partial charge in [-0.05, 0) is 104 Å². The maximum Gasteiger partial charge on any atom is 0.336 e. The molecule has 11 aromatic rings. The third-order valence-corrected chi connectivity index (χ3v) is 18.5. The number of ether oxygens (including phenoxy) is 1. The van der Waals surface area contributed by atoms with Gasteiger partial charge in [0.15, 0.2) is 8.07 Å². The summed E-state index contributed by atoms with van der Waals surface area (Å²) >= 11 is 0. The summed E-state index contributed by atoms with van der Waals surface area (Å²) in [6.45, 7) is -0.159. The molecule has 0 unspecified atom stereocenters. The quantitative estimate of drug-likeness (QED) is 0.117. The zero-order valence-corrected chi connectivity index (χ0v) is 36.6. The number of aromatic nitrogens is 1. The van der Waals surface area contributed by atoms with Gasteiger partial charge < -0.3 is 14.1 Å². The highest BCUT2D eigenvalue weighted by molar-refractivity contribution is 7.20. The SMILES string of the molecule is c1ccc(N2B3c4cc([Si](c5ccccc5)(c5ccccc5)c5ccccc5)ccc4Oc4cc(-c5cccc(-n6c7ccccc7c7ccccc76)c5)cc(c43)-c3ccccc32)cc1. The molecule has 0 aliphatic carbocycles. The molecule has 0 radical (unpaired) electrons. The second-order valence-electron chi connectivity index (χ2n) is 17.2. The van der Waals surface area contributed by atoms with Crippen LogP contribution < -0.4 is 41.2 Å².